The molecule has 0 unspecified atom stereocenters. The fourth-order valence-electron chi connectivity index (χ4n) is 0.286. The van der Waals surface area contributed by atoms with Crippen LogP contribution in [0.2, 0.25) is 4.89 Å². The van der Waals surface area contributed by atoms with Gasteiger partial charge in [0.15, 0.2) is 0 Å². The Morgan fingerprint density at radius 1 is 1.25 bits per heavy atom. The van der Waals surface area contributed by atoms with Gasteiger partial charge in [0.2, 0.25) is 0 Å². The topological polar surface area (TPSA) is 34.1 Å². The standard InChI is InChI=1S/C5H7O2.Ni/c1-4(6)3-5(2)7;/h3H,1-2H3;. The van der Waals surface area contributed by atoms with Crippen molar-refractivity contribution >= 4 is 11.6 Å². The third kappa shape index (κ3) is 2.22. The van der Waals surface area contributed by atoms with E-state index < -0.39 is 4.89 Å². The van der Waals surface area contributed by atoms with E-state index in [1.165, 1.54) is 13.8 Å². The van der Waals surface area contributed by atoms with Crippen molar-refractivity contribution in [1.82, 2.24) is 0 Å². The summed E-state index contributed by atoms with van der Waals surface area (Å²) in [4.78, 5) is 19.8. The molecule has 0 fully saturated rings. The first-order chi connectivity index (χ1) is 3.55. The molecule has 0 aliphatic carbocycles. The van der Waals surface area contributed by atoms with Crippen LogP contribution in [-0.4, -0.2) is 11.6 Å². The summed E-state index contributed by atoms with van der Waals surface area (Å²) in [5.41, 5.74) is 0. The number of Topliss-reactive ketones (excluding diaryl/α,β-unsaturated/α-hetero) is 2. The molecular formula is C5H7NiO2. The van der Waals surface area contributed by atoms with E-state index in [1.807, 2.05) is 0 Å². The van der Waals surface area contributed by atoms with E-state index in [0.29, 0.717) is 0 Å². The molecule has 49 valence electrons. The first-order valence-electron chi connectivity index (χ1n) is 2.17. The van der Waals surface area contributed by atoms with Gasteiger partial charge in [0.1, 0.15) is 0 Å². The van der Waals surface area contributed by atoms with Crippen molar-refractivity contribution in [2.45, 2.75) is 18.7 Å². The molecule has 8 heavy (non-hydrogen) atoms. The summed E-state index contributed by atoms with van der Waals surface area (Å²) in [5.74, 6) is -0.449. The molecule has 0 aromatic rings. The summed E-state index contributed by atoms with van der Waals surface area (Å²) in [6, 6.07) is 0. The molecule has 0 amide bonds. The Bertz CT molecular complexity index is 106. The Morgan fingerprint density at radius 3 is 1.50 bits per heavy atom. The van der Waals surface area contributed by atoms with E-state index in [4.69, 9.17) is 0 Å². The zero-order valence-corrected chi connectivity index (χ0v) is 5.70. The predicted molar refractivity (Wildman–Crippen MR) is 25.1 cm³/mol. The molecule has 2 nitrogen and oxygen atoms in total. The van der Waals surface area contributed by atoms with Crippen molar-refractivity contribution in [1.29, 1.82) is 0 Å². The number of carbonyl (C=O) groups is 2. The van der Waals surface area contributed by atoms with Gasteiger partial charge < -0.3 is 0 Å². The van der Waals surface area contributed by atoms with Crippen LogP contribution in [0.25, 0.3) is 0 Å². The minimum atomic E-state index is -0.782. The first-order valence-corrected chi connectivity index (χ1v) is 2.74. The van der Waals surface area contributed by atoms with E-state index in [2.05, 4.69) is 15.5 Å². The van der Waals surface area contributed by atoms with Crippen molar-refractivity contribution in [3.8, 4) is 0 Å². The van der Waals surface area contributed by atoms with E-state index in [0.717, 1.165) is 0 Å². The van der Waals surface area contributed by atoms with Crippen LogP contribution in [0, 0.1) is 0 Å². The summed E-state index contributed by atoms with van der Waals surface area (Å²) >= 11 is 4.20. The first kappa shape index (κ1) is 7.83. The Hall–Kier alpha value is -0.166. The van der Waals surface area contributed by atoms with E-state index in [9.17, 15) is 9.59 Å². The van der Waals surface area contributed by atoms with Crippen molar-refractivity contribution < 1.29 is 25.1 Å². The van der Waals surface area contributed by atoms with Crippen molar-refractivity contribution in [2.75, 3.05) is 0 Å². The molecule has 0 atom stereocenters. The fraction of sp³-hybridized carbons (Fsp3) is 0.600. The molecule has 0 bridgehead atoms. The second kappa shape index (κ2) is 2.98. The molecule has 0 aromatic heterocycles. The molecule has 0 saturated heterocycles. The van der Waals surface area contributed by atoms with Gasteiger partial charge in [-0.1, -0.05) is 0 Å². The normalized spacial score (nSPS) is 9.62. The van der Waals surface area contributed by atoms with E-state index >= 15 is 0 Å². The second-order valence-electron chi connectivity index (χ2n) is 1.55. The van der Waals surface area contributed by atoms with Crippen LogP contribution in [-0.2, 0) is 25.1 Å². The van der Waals surface area contributed by atoms with Crippen LogP contribution in [0.4, 0.5) is 0 Å². The van der Waals surface area contributed by atoms with Crippen LogP contribution >= 0.6 is 0 Å². The number of hydrogen-bond acceptors (Lipinski definition) is 2. The van der Waals surface area contributed by atoms with Gasteiger partial charge in [-0.25, -0.2) is 0 Å². The SMILES string of the molecule is CC(=O)[CH]([Ni])C(C)=O. The van der Waals surface area contributed by atoms with Crippen LogP contribution in [0.15, 0.2) is 0 Å². The van der Waals surface area contributed by atoms with Gasteiger partial charge in [-0.2, -0.15) is 0 Å². The van der Waals surface area contributed by atoms with Gasteiger partial charge in [0.05, 0.1) is 0 Å². The Kier molecular flexibility index (Phi) is 2.92. The number of ketones is 2. The van der Waals surface area contributed by atoms with Gasteiger partial charge >= 0.3 is 55.4 Å². The molecule has 0 spiro atoms. The molecule has 3 heteroatoms. The summed E-state index contributed by atoms with van der Waals surface area (Å²) in [6.07, 6.45) is 0. The van der Waals surface area contributed by atoms with Gasteiger partial charge in [-0.15, -0.1) is 0 Å². The van der Waals surface area contributed by atoms with Gasteiger partial charge in [-0.3, -0.25) is 0 Å². The van der Waals surface area contributed by atoms with Gasteiger partial charge in [0.25, 0.3) is 0 Å². The van der Waals surface area contributed by atoms with E-state index in [-0.39, 0.29) is 11.6 Å². The molecule has 0 rings (SSSR count). The van der Waals surface area contributed by atoms with Crippen molar-refractivity contribution in [3.63, 3.8) is 0 Å². The van der Waals surface area contributed by atoms with E-state index in [1.54, 1.807) is 0 Å². The maximum atomic E-state index is 10.3. The molecule has 0 aliphatic heterocycles. The Morgan fingerprint density at radius 2 is 1.50 bits per heavy atom. The van der Waals surface area contributed by atoms with Crippen LogP contribution in [0.1, 0.15) is 13.8 Å². The summed E-state index contributed by atoms with van der Waals surface area (Å²) < 4.78 is 0. The Labute approximate surface area is 56.0 Å². The summed E-state index contributed by atoms with van der Waals surface area (Å²) in [7, 11) is 0. The van der Waals surface area contributed by atoms with Gasteiger partial charge in [-0.05, 0) is 0 Å². The van der Waals surface area contributed by atoms with Crippen molar-refractivity contribution in [3.05, 3.63) is 0 Å². The molecular weight excluding hydrogens is 151 g/mol. The molecule has 0 aliphatic rings. The van der Waals surface area contributed by atoms with Gasteiger partial charge in [0, 0.05) is 0 Å². The molecule has 0 aromatic carbocycles. The average Bonchev–Trinajstić information content (AvgIpc) is 1.64. The number of rotatable bonds is 2. The number of carbonyl (C=O) groups excluding carboxylic acids is 2. The third-order valence-electron chi connectivity index (χ3n) is 0.664. The Balaban J connectivity index is 3.83. The number of hydrogen-bond donors (Lipinski definition) is 0. The van der Waals surface area contributed by atoms with Crippen LogP contribution in [0.3, 0.4) is 0 Å². The summed E-state index contributed by atoms with van der Waals surface area (Å²) in [6.45, 7) is 2.66. The molecule has 0 heterocycles. The van der Waals surface area contributed by atoms with Crippen LogP contribution < -0.4 is 0 Å². The van der Waals surface area contributed by atoms with Crippen molar-refractivity contribution in [2.24, 2.45) is 0 Å². The maximum absolute atomic E-state index is 10.3. The average molecular weight is 158 g/mol. The monoisotopic (exact) mass is 157 g/mol. The molecule has 0 radical (unpaired) electrons. The molecule has 0 saturated carbocycles. The third-order valence-corrected chi connectivity index (χ3v) is 1.47. The second-order valence-corrected chi connectivity index (χ2v) is 2.12. The zero-order valence-electron chi connectivity index (χ0n) is 4.71. The predicted octanol–water partition coefficient (Wildman–Crippen LogP) is 0.500. The van der Waals surface area contributed by atoms with Crippen LogP contribution in [0.5, 0.6) is 0 Å². The summed E-state index contributed by atoms with van der Waals surface area (Å²) in [5, 5.41) is 0. The minimum absolute atomic E-state index is 0.225. The zero-order chi connectivity index (χ0) is 6.73. The fourth-order valence-corrected chi connectivity index (χ4v) is 0.286. The molecule has 0 N–H and O–H groups in total. The quantitative estimate of drug-likeness (QED) is 0.432.